The Hall–Kier alpha value is -1.23. The average Bonchev–Trinajstić information content (AvgIpc) is 2.60. The van der Waals surface area contributed by atoms with Crippen molar-refractivity contribution in [2.45, 2.75) is 71.2 Å². The summed E-state index contributed by atoms with van der Waals surface area (Å²) in [6.07, 6.45) is 5.46. The van der Waals surface area contributed by atoms with Crippen molar-refractivity contribution in [1.82, 2.24) is 0 Å². The predicted molar refractivity (Wildman–Crippen MR) is 114 cm³/mol. The van der Waals surface area contributed by atoms with E-state index in [-0.39, 0.29) is 5.04 Å². The highest BCUT2D eigenvalue weighted by molar-refractivity contribution is 6.74. The number of carbonyl (C=O) groups is 1. The van der Waals surface area contributed by atoms with Crippen LogP contribution in [0.2, 0.25) is 18.1 Å². The maximum atomic E-state index is 12.4. The van der Waals surface area contributed by atoms with Gasteiger partial charge in [0.2, 0.25) is 0 Å². The molecule has 4 heteroatoms. The number of benzene rings is 1. The van der Waals surface area contributed by atoms with Gasteiger partial charge in [0.05, 0.1) is 13.2 Å². The maximum absolute atomic E-state index is 12.4. The summed E-state index contributed by atoms with van der Waals surface area (Å²) in [5.41, 5.74) is 2.17. The highest BCUT2D eigenvalue weighted by Gasteiger charge is 2.36. The van der Waals surface area contributed by atoms with Crippen molar-refractivity contribution in [3.05, 3.63) is 47.5 Å². The van der Waals surface area contributed by atoms with Crippen molar-refractivity contribution in [1.29, 1.82) is 0 Å². The summed E-state index contributed by atoms with van der Waals surface area (Å²) in [5, 5.41) is 0.236. The van der Waals surface area contributed by atoms with Gasteiger partial charge in [-0.3, -0.25) is 4.79 Å². The Labute approximate surface area is 166 Å². The second kappa shape index (κ2) is 9.81. The average molecular weight is 389 g/mol. The van der Waals surface area contributed by atoms with Crippen molar-refractivity contribution >= 4 is 14.1 Å². The highest BCUT2D eigenvalue weighted by atomic mass is 28.4. The quantitative estimate of drug-likeness (QED) is 0.389. The molecule has 1 unspecified atom stereocenters. The minimum Gasteiger partial charge on any atom is -0.417 e. The Morgan fingerprint density at radius 3 is 2.48 bits per heavy atom. The van der Waals surface area contributed by atoms with Gasteiger partial charge in [0.25, 0.3) is 0 Å². The van der Waals surface area contributed by atoms with E-state index in [1.54, 1.807) is 0 Å². The number of rotatable bonds is 9. The Morgan fingerprint density at radius 1 is 1.15 bits per heavy atom. The first-order valence-electron chi connectivity index (χ1n) is 10.2. The van der Waals surface area contributed by atoms with Crippen molar-refractivity contribution in [2.75, 3.05) is 13.2 Å². The summed E-state index contributed by atoms with van der Waals surface area (Å²) >= 11 is 0. The molecule has 1 atom stereocenters. The molecular formula is C23H36O3Si. The van der Waals surface area contributed by atoms with E-state index in [1.165, 1.54) is 5.56 Å². The van der Waals surface area contributed by atoms with Crippen molar-refractivity contribution in [3.63, 3.8) is 0 Å². The number of ketones is 1. The van der Waals surface area contributed by atoms with Gasteiger partial charge in [0.15, 0.2) is 14.1 Å². The van der Waals surface area contributed by atoms with Crippen LogP contribution in [0.5, 0.6) is 0 Å². The fourth-order valence-corrected chi connectivity index (χ4v) is 4.08. The molecule has 0 aromatic heterocycles. The third-order valence-electron chi connectivity index (χ3n) is 5.85. The standard InChI is InChI=1S/C23H36O3Si/c1-23(2,3)27(4,5)26-15-9-12-21-14-13-20(16-22(21)24)18-25-17-19-10-7-6-8-11-19/h6-8,10-11,14,20H,9,12-13,15-18H2,1-5H3. The van der Waals surface area contributed by atoms with E-state index in [4.69, 9.17) is 9.16 Å². The smallest absolute Gasteiger partial charge is 0.191 e. The number of allylic oxidation sites excluding steroid dienone is 2. The molecule has 27 heavy (non-hydrogen) atoms. The van der Waals surface area contributed by atoms with Crippen LogP contribution in [0.1, 0.15) is 52.0 Å². The van der Waals surface area contributed by atoms with Gasteiger partial charge < -0.3 is 9.16 Å². The van der Waals surface area contributed by atoms with Crippen molar-refractivity contribution in [3.8, 4) is 0 Å². The van der Waals surface area contributed by atoms with Gasteiger partial charge in [0, 0.05) is 13.0 Å². The van der Waals surface area contributed by atoms with Crippen LogP contribution in [0.3, 0.4) is 0 Å². The van der Waals surface area contributed by atoms with Gasteiger partial charge >= 0.3 is 0 Å². The van der Waals surface area contributed by atoms with E-state index in [9.17, 15) is 4.79 Å². The molecule has 0 bridgehead atoms. The molecule has 150 valence electrons. The molecule has 0 heterocycles. The summed E-state index contributed by atoms with van der Waals surface area (Å²) in [5.74, 6) is 0.607. The first-order valence-corrected chi connectivity index (χ1v) is 13.1. The SMILES string of the molecule is CC(C)(C)[Si](C)(C)OCCCC1=CCC(COCc2ccccc2)CC1=O. The highest BCUT2D eigenvalue weighted by Crippen LogP contribution is 2.36. The largest absolute Gasteiger partial charge is 0.417 e. The van der Waals surface area contributed by atoms with Crippen LogP contribution in [0.15, 0.2) is 42.0 Å². The molecule has 3 nitrogen and oxygen atoms in total. The molecule has 0 saturated heterocycles. The van der Waals surface area contributed by atoms with Crippen LogP contribution in [-0.2, 0) is 20.6 Å². The van der Waals surface area contributed by atoms with Gasteiger partial charge in [-0.1, -0.05) is 57.2 Å². The predicted octanol–water partition coefficient (Wildman–Crippen LogP) is 5.91. The van der Waals surface area contributed by atoms with Crippen LogP contribution < -0.4 is 0 Å². The number of Topliss-reactive ketones (excluding diaryl/α,β-unsaturated/α-hetero) is 1. The number of hydrogen-bond acceptors (Lipinski definition) is 3. The molecule has 0 amide bonds. The Bertz CT molecular complexity index is 629. The molecule has 0 aliphatic heterocycles. The molecule has 0 spiro atoms. The van der Waals surface area contributed by atoms with Crippen LogP contribution in [0.4, 0.5) is 0 Å². The van der Waals surface area contributed by atoms with Gasteiger partial charge in [0.1, 0.15) is 0 Å². The van der Waals surface area contributed by atoms with Crippen LogP contribution in [-0.4, -0.2) is 27.3 Å². The normalized spacial score (nSPS) is 18.5. The third-order valence-corrected chi connectivity index (χ3v) is 10.4. The van der Waals surface area contributed by atoms with Gasteiger partial charge in [-0.25, -0.2) is 0 Å². The molecule has 1 aliphatic rings. The molecule has 1 aromatic rings. The molecule has 0 radical (unpaired) electrons. The molecular weight excluding hydrogens is 352 g/mol. The lowest BCUT2D eigenvalue weighted by molar-refractivity contribution is -0.117. The lowest BCUT2D eigenvalue weighted by atomic mass is 9.87. The lowest BCUT2D eigenvalue weighted by Crippen LogP contribution is -2.41. The zero-order valence-corrected chi connectivity index (χ0v) is 18.7. The number of carbonyl (C=O) groups excluding carboxylic acids is 1. The Morgan fingerprint density at radius 2 is 1.85 bits per heavy atom. The van der Waals surface area contributed by atoms with Gasteiger partial charge in [-0.2, -0.15) is 0 Å². The van der Waals surface area contributed by atoms with Crippen molar-refractivity contribution in [2.24, 2.45) is 5.92 Å². The first kappa shape index (κ1) is 22.1. The zero-order valence-electron chi connectivity index (χ0n) is 17.7. The lowest BCUT2D eigenvalue weighted by Gasteiger charge is -2.36. The van der Waals surface area contributed by atoms with E-state index in [0.717, 1.165) is 31.4 Å². The summed E-state index contributed by atoms with van der Waals surface area (Å²) in [4.78, 5) is 12.4. The summed E-state index contributed by atoms with van der Waals surface area (Å²) in [6, 6.07) is 10.2. The molecule has 0 fully saturated rings. The molecule has 1 aromatic carbocycles. The van der Waals surface area contributed by atoms with Gasteiger partial charge in [-0.15, -0.1) is 0 Å². The minimum atomic E-state index is -1.68. The van der Waals surface area contributed by atoms with Gasteiger partial charge in [-0.05, 0) is 54.4 Å². The molecule has 1 aliphatic carbocycles. The fraction of sp³-hybridized carbons (Fsp3) is 0.609. The second-order valence-electron chi connectivity index (χ2n) is 9.17. The summed E-state index contributed by atoms with van der Waals surface area (Å²) in [6.45, 7) is 13.3. The molecule has 2 rings (SSSR count). The van der Waals surface area contributed by atoms with E-state index in [2.05, 4.69) is 52.1 Å². The Balaban J connectivity index is 1.68. The first-order chi connectivity index (χ1) is 12.7. The van der Waals surface area contributed by atoms with Crippen molar-refractivity contribution < 1.29 is 14.0 Å². The monoisotopic (exact) mass is 388 g/mol. The Kier molecular flexibility index (Phi) is 8.01. The summed E-state index contributed by atoms with van der Waals surface area (Å²) in [7, 11) is -1.68. The molecule has 0 saturated carbocycles. The van der Waals surface area contributed by atoms with E-state index in [0.29, 0.717) is 31.3 Å². The zero-order chi connectivity index (χ0) is 19.9. The number of ether oxygens (including phenoxy) is 1. The maximum Gasteiger partial charge on any atom is 0.191 e. The molecule has 0 N–H and O–H groups in total. The topological polar surface area (TPSA) is 35.5 Å². The minimum absolute atomic E-state index is 0.236. The third kappa shape index (κ3) is 7.02. The van der Waals surface area contributed by atoms with E-state index < -0.39 is 8.32 Å². The second-order valence-corrected chi connectivity index (χ2v) is 14.0. The van der Waals surface area contributed by atoms with Crippen LogP contribution in [0.25, 0.3) is 0 Å². The van der Waals surface area contributed by atoms with E-state index >= 15 is 0 Å². The summed E-state index contributed by atoms with van der Waals surface area (Å²) < 4.78 is 12.0. The fourth-order valence-electron chi connectivity index (χ4n) is 2.99. The van der Waals surface area contributed by atoms with E-state index in [1.807, 2.05) is 18.2 Å². The number of hydrogen-bond donors (Lipinski definition) is 0. The van der Waals surface area contributed by atoms with Crippen LogP contribution >= 0.6 is 0 Å². The van der Waals surface area contributed by atoms with Crippen LogP contribution in [0, 0.1) is 5.92 Å².